The van der Waals surface area contributed by atoms with Gasteiger partial charge in [-0.25, -0.2) is 14.5 Å². The van der Waals surface area contributed by atoms with E-state index in [1.165, 1.54) is 13.4 Å². The quantitative estimate of drug-likeness (QED) is 0.800. The summed E-state index contributed by atoms with van der Waals surface area (Å²) in [7, 11) is 1.28. The lowest BCUT2D eigenvalue weighted by molar-refractivity contribution is 0.0586. The Morgan fingerprint density at radius 3 is 2.89 bits per heavy atom. The van der Waals surface area contributed by atoms with Gasteiger partial charge in [0, 0.05) is 18.4 Å². The zero-order chi connectivity index (χ0) is 13.8. The van der Waals surface area contributed by atoms with Crippen LogP contribution in [-0.4, -0.2) is 38.9 Å². The van der Waals surface area contributed by atoms with Crippen molar-refractivity contribution in [2.45, 2.75) is 19.0 Å². The first-order chi connectivity index (χ1) is 9.13. The molecule has 0 fully saturated rings. The molecule has 0 aliphatic rings. The van der Waals surface area contributed by atoms with Gasteiger partial charge in [-0.05, 0) is 18.6 Å². The van der Waals surface area contributed by atoms with Crippen molar-refractivity contribution in [2.24, 2.45) is 5.73 Å². The minimum Gasteiger partial charge on any atom is -0.463 e. The fourth-order valence-corrected chi connectivity index (χ4v) is 1.84. The summed E-state index contributed by atoms with van der Waals surface area (Å²) in [5.74, 6) is -0.564. The van der Waals surface area contributed by atoms with E-state index in [1.54, 1.807) is 17.1 Å². The Bertz CT molecular complexity index is 552. The topological polar surface area (TPSA) is 95.9 Å². The predicted octanol–water partition coefficient (Wildman–Crippen LogP) is 0.396. The molecule has 0 saturated heterocycles. The van der Waals surface area contributed by atoms with Gasteiger partial charge in [-0.2, -0.15) is 0 Å². The van der Waals surface area contributed by atoms with Crippen molar-refractivity contribution < 1.29 is 9.53 Å². The Morgan fingerprint density at radius 1 is 1.53 bits per heavy atom. The summed E-state index contributed by atoms with van der Waals surface area (Å²) in [4.78, 5) is 19.3. The van der Waals surface area contributed by atoms with Gasteiger partial charge in [-0.3, -0.25) is 4.98 Å². The first-order valence-electron chi connectivity index (χ1n) is 5.78. The number of carbonyl (C=O) groups excluding carboxylic acids is 1. The molecule has 2 aromatic heterocycles. The van der Waals surface area contributed by atoms with Gasteiger partial charge in [0.2, 0.25) is 0 Å². The van der Waals surface area contributed by atoms with E-state index >= 15 is 0 Å². The molecule has 0 radical (unpaired) electrons. The van der Waals surface area contributed by atoms with Crippen molar-refractivity contribution in [3.8, 4) is 0 Å². The third-order valence-electron chi connectivity index (χ3n) is 2.69. The molecule has 2 rings (SSSR count). The zero-order valence-corrected chi connectivity index (χ0v) is 10.7. The first-order valence-corrected chi connectivity index (χ1v) is 5.78. The molecule has 2 heterocycles. The number of esters is 1. The fourth-order valence-electron chi connectivity index (χ4n) is 1.84. The van der Waals surface area contributed by atoms with Gasteiger partial charge < -0.3 is 10.5 Å². The zero-order valence-electron chi connectivity index (χ0n) is 10.7. The SMILES string of the molecule is COC(=O)c1ncn(C(c2cccnc2)C(C)N)n1. The standard InChI is InChI=1S/C12H15N5O2/c1-8(13)10(9-4-3-5-14-6-9)17-7-15-11(16-17)12(18)19-2/h3-8,10H,13H2,1-2H3. The first kappa shape index (κ1) is 13.2. The summed E-state index contributed by atoms with van der Waals surface area (Å²) < 4.78 is 6.12. The smallest absolute Gasteiger partial charge is 0.377 e. The summed E-state index contributed by atoms with van der Waals surface area (Å²) in [6.07, 6.45) is 4.86. The van der Waals surface area contributed by atoms with E-state index < -0.39 is 5.97 Å². The molecular weight excluding hydrogens is 246 g/mol. The van der Waals surface area contributed by atoms with E-state index in [0.717, 1.165) is 5.56 Å². The normalized spacial score (nSPS) is 13.8. The molecule has 0 bridgehead atoms. The van der Waals surface area contributed by atoms with Crippen LogP contribution in [-0.2, 0) is 4.74 Å². The molecule has 19 heavy (non-hydrogen) atoms. The van der Waals surface area contributed by atoms with Crippen molar-refractivity contribution in [1.82, 2.24) is 19.7 Å². The summed E-state index contributed by atoms with van der Waals surface area (Å²) in [5.41, 5.74) is 6.89. The number of carbonyl (C=O) groups is 1. The van der Waals surface area contributed by atoms with Crippen LogP contribution >= 0.6 is 0 Å². The van der Waals surface area contributed by atoms with Gasteiger partial charge >= 0.3 is 5.97 Å². The molecule has 7 nitrogen and oxygen atoms in total. The molecule has 2 atom stereocenters. The number of nitrogens with zero attached hydrogens (tertiary/aromatic N) is 4. The van der Waals surface area contributed by atoms with Gasteiger partial charge in [0.1, 0.15) is 6.33 Å². The van der Waals surface area contributed by atoms with Gasteiger partial charge in [-0.1, -0.05) is 6.07 Å². The molecule has 0 aliphatic heterocycles. The van der Waals surface area contributed by atoms with Crippen LogP contribution < -0.4 is 5.73 Å². The Kier molecular flexibility index (Phi) is 3.86. The van der Waals surface area contributed by atoms with Gasteiger partial charge in [-0.15, -0.1) is 5.10 Å². The molecule has 2 N–H and O–H groups in total. The number of hydrogen-bond acceptors (Lipinski definition) is 6. The second kappa shape index (κ2) is 5.57. The van der Waals surface area contributed by atoms with Crippen LogP contribution in [0.2, 0.25) is 0 Å². The molecular formula is C12H15N5O2. The molecule has 0 spiro atoms. The van der Waals surface area contributed by atoms with Crippen LogP contribution in [0.4, 0.5) is 0 Å². The van der Waals surface area contributed by atoms with E-state index in [9.17, 15) is 4.79 Å². The highest BCUT2D eigenvalue weighted by Crippen LogP contribution is 2.19. The van der Waals surface area contributed by atoms with E-state index in [1.807, 2.05) is 19.1 Å². The second-order valence-electron chi connectivity index (χ2n) is 4.13. The number of aromatic nitrogens is 4. The number of pyridine rings is 1. The van der Waals surface area contributed by atoms with Crippen LogP contribution in [0.5, 0.6) is 0 Å². The molecule has 0 aliphatic carbocycles. The Balaban J connectivity index is 2.35. The average molecular weight is 261 g/mol. The minimum atomic E-state index is -0.576. The highest BCUT2D eigenvalue weighted by molar-refractivity contribution is 5.84. The van der Waals surface area contributed by atoms with Crippen molar-refractivity contribution >= 4 is 5.97 Å². The maximum absolute atomic E-state index is 11.4. The van der Waals surface area contributed by atoms with E-state index in [-0.39, 0.29) is 17.9 Å². The number of methoxy groups -OCH3 is 1. The molecule has 2 aromatic rings. The number of nitrogens with two attached hydrogens (primary N) is 1. The lowest BCUT2D eigenvalue weighted by Gasteiger charge is -2.20. The molecule has 7 heteroatoms. The second-order valence-corrected chi connectivity index (χ2v) is 4.13. The maximum atomic E-state index is 11.4. The molecule has 0 amide bonds. The Morgan fingerprint density at radius 2 is 2.32 bits per heavy atom. The highest BCUT2D eigenvalue weighted by Gasteiger charge is 2.22. The summed E-state index contributed by atoms with van der Waals surface area (Å²) in [6.45, 7) is 1.86. The molecule has 0 aromatic carbocycles. The van der Waals surface area contributed by atoms with Crippen LogP contribution in [0, 0.1) is 0 Å². The summed E-state index contributed by atoms with van der Waals surface area (Å²) >= 11 is 0. The predicted molar refractivity (Wildman–Crippen MR) is 67.4 cm³/mol. The number of rotatable bonds is 4. The van der Waals surface area contributed by atoms with Crippen molar-refractivity contribution in [1.29, 1.82) is 0 Å². The van der Waals surface area contributed by atoms with Crippen LogP contribution in [0.3, 0.4) is 0 Å². The summed E-state index contributed by atoms with van der Waals surface area (Å²) in [6, 6.07) is 3.28. The lowest BCUT2D eigenvalue weighted by atomic mass is 10.0. The maximum Gasteiger partial charge on any atom is 0.377 e. The number of hydrogen-bond donors (Lipinski definition) is 1. The average Bonchev–Trinajstić information content (AvgIpc) is 2.88. The third kappa shape index (κ3) is 2.76. The van der Waals surface area contributed by atoms with Crippen molar-refractivity contribution in [3.63, 3.8) is 0 Å². The van der Waals surface area contributed by atoms with Crippen LogP contribution in [0.1, 0.15) is 29.1 Å². The molecule has 2 unspecified atom stereocenters. The molecule has 100 valence electrons. The fraction of sp³-hybridized carbons (Fsp3) is 0.333. The molecule has 0 saturated carbocycles. The highest BCUT2D eigenvalue weighted by atomic mass is 16.5. The largest absolute Gasteiger partial charge is 0.463 e. The summed E-state index contributed by atoms with van der Waals surface area (Å²) in [5, 5.41) is 4.10. The van der Waals surface area contributed by atoms with Gasteiger partial charge in [0.15, 0.2) is 0 Å². The van der Waals surface area contributed by atoms with Crippen LogP contribution in [0.15, 0.2) is 30.9 Å². The minimum absolute atomic E-state index is 0.0111. The van der Waals surface area contributed by atoms with Crippen LogP contribution in [0.25, 0.3) is 0 Å². The van der Waals surface area contributed by atoms with Crippen molar-refractivity contribution in [2.75, 3.05) is 7.11 Å². The van der Waals surface area contributed by atoms with E-state index in [2.05, 4.69) is 19.8 Å². The number of ether oxygens (including phenoxy) is 1. The van der Waals surface area contributed by atoms with Gasteiger partial charge in [0.05, 0.1) is 13.2 Å². The van der Waals surface area contributed by atoms with E-state index in [0.29, 0.717) is 0 Å². The lowest BCUT2D eigenvalue weighted by Crippen LogP contribution is -2.31. The monoisotopic (exact) mass is 261 g/mol. The van der Waals surface area contributed by atoms with E-state index in [4.69, 9.17) is 5.73 Å². The Labute approximate surface area is 110 Å². The van der Waals surface area contributed by atoms with Gasteiger partial charge in [0.25, 0.3) is 5.82 Å². The Hall–Kier alpha value is -2.28. The van der Waals surface area contributed by atoms with Crippen molar-refractivity contribution in [3.05, 3.63) is 42.2 Å². The third-order valence-corrected chi connectivity index (χ3v) is 2.69.